The molecule has 0 atom stereocenters. The molecule has 10 aromatic carbocycles. The van der Waals surface area contributed by atoms with Crippen LogP contribution in [0.1, 0.15) is 66.6 Å². The van der Waals surface area contributed by atoms with Crippen LogP contribution in [0.25, 0.3) is 109 Å². The third kappa shape index (κ3) is 5.31. The second kappa shape index (κ2) is 13.6. The Morgan fingerprint density at radius 3 is 1.72 bits per heavy atom. The minimum Gasteiger partial charge on any atom is -0.135 e. The second-order valence-electron chi connectivity index (χ2n) is 19.3. The lowest BCUT2D eigenvalue weighted by molar-refractivity contribution is 0.660. The zero-order valence-corrected chi connectivity index (χ0v) is 38.0. The molecule has 0 saturated heterocycles. The Balaban J connectivity index is 0.925. The van der Waals surface area contributed by atoms with Crippen molar-refractivity contribution in [1.82, 2.24) is 0 Å². The van der Waals surface area contributed by atoms with Gasteiger partial charge in [-0.25, -0.2) is 0 Å². The number of rotatable bonds is 5. The largest absolute Gasteiger partial charge is 0.135 e. The molecule has 0 spiro atoms. The maximum Gasteiger partial charge on any atom is 0.0361 e. The molecule has 0 unspecified atom stereocenters. The number of thiophene rings is 1. The highest BCUT2D eigenvalue weighted by Gasteiger charge is 2.38. The minimum atomic E-state index is -0.162. The van der Waals surface area contributed by atoms with Crippen LogP contribution in [-0.2, 0) is 10.8 Å². The van der Waals surface area contributed by atoms with E-state index in [-0.39, 0.29) is 10.8 Å². The molecule has 11 aromatic rings. The molecule has 1 heterocycles. The van der Waals surface area contributed by atoms with Gasteiger partial charge in [-0.3, -0.25) is 0 Å². The van der Waals surface area contributed by atoms with E-state index in [4.69, 9.17) is 6.58 Å². The number of fused-ring (bicyclic) bond motifs is 13. The first-order valence-corrected chi connectivity index (χ1v) is 23.6. The first-order chi connectivity index (χ1) is 31.6. The Morgan fingerprint density at radius 2 is 1.00 bits per heavy atom. The van der Waals surface area contributed by atoms with Gasteiger partial charge in [-0.1, -0.05) is 180 Å². The summed E-state index contributed by atoms with van der Waals surface area (Å²) in [6, 6.07) is 66.3. The fourth-order valence-corrected chi connectivity index (χ4v) is 13.0. The summed E-state index contributed by atoms with van der Waals surface area (Å²) in [7, 11) is 0. The summed E-state index contributed by atoms with van der Waals surface area (Å²) in [5.74, 6) is 0. The van der Waals surface area contributed by atoms with Crippen molar-refractivity contribution in [3.63, 3.8) is 0 Å². The van der Waals surface area contributed by atoms with Crippen LogP contribution in [0, 0.1) is 0 Å². The van der Waals surface area contributed by atoms with Gasteiger partial charge in [0.05, 0.1) is 0 Å². The molecule has 0 saturated carbocycles. The van der Waals surface area contributed by atoms with Crippen LogP contribution in [0.4, 0.5) is 0 Å². The zero-order chi connectivity index (χ0) is 43.9. The van der Waals surface area contributed by atoms with Crippen molar-refractivity contribution in [1.29, 1.82) is 0 Å². The van der Waals surface area contributed by atoms with Crippen molar-refractivity contribution in [3.05, 3.63) is 228 Å². The van der Waals surface area contributed by atoms with E-state index in [0.717, 1.165) is 16.7 Å². The van der Waals surface area contributed by atoms with Crippen molar-refractivity contribution in [2.45, 2.75) is 38.5 Å². The van der Waals surface area contributed by atoms with E-state index in [1.807, 2.05) is 17.4 Å². The first-order valence-electron chi connectivity index (χ1n) is 22.8. The summed E-state index contributed by atoms with van der Waals surface area (Å²) >= 11 is 1.90. The van der Waals surface area contributed by atoms with Crippen molar-refractivity contribution < 1.29 is 0 Å². The van der Waals surface area contributed by atoms with Crippen LogP contribution in [0.2, 0.25) is 0 Å². The van der Waals surface area contributed by atoms with Gasteiger partial charge < -0.3 is 0 Å². The molecule has 0 nitrogen and oxygen atoms in total. The molecule has 0 fully saturated rings. The monoisotopic (exact) mass is 846 g/mol. The molecule has 2 aliphatic carbocycles. The summed E-state index contributed by atoms with van der Waals surface area (Å²) in [4.78, 5) is 0. The Kier molecular flexibility index (Phi) is 7.98. The molecule has 2 aliphatic rings. The zero-order valence-electron chi connectivity index (χ0n) is 37.1. The topological polar surface area (TPSA) is 0 Å². The summed E-state index contributed by atoms with van der Waals surface area (Å²) in [5.41, 5.74) is 20.1. The molecule has 0 radical (unpaired) electrons. The molecule has 0 amide bonds. The second-order valence-corrected chi connectivity index (χ2v) is 20.4. The third-order valence-corrected chi connectivity index (χ3v) is 16.3. The highest BCUT2D eigenvalue weighted by Crippen LogP contribution is 2.55. The Hall–Kier alpha value is -7.32. The molecule has 13 rings (SSSR count). The fourth-order valence-electron chi connectivity index (χ4n) is 11.9. The SMILES string of the molecule is C=Cc1ccccc1C(=C)c1c2ccccc2c(-c2ccc3c(c2)-c2ccc(-c4ccc5c(c4)-c4cc6ccc7sc8ccccc8c7c6cc4C5(C)C)cc2C3(C)C)c2ccccc12. The highest BCUT2D eigenvalue weighted by molar-refractivity contribution is 7.26. The quantitative estimate of drug-likeness (QED) is 0.151. The van der Waals surface area contributed by atoms with E-state index in [2.05, 4.69) is 210 Å². The lowest BCUT2D eigenvalue weighted by Crippen LogP contribution is -2.15. The van der Waals surface area contributed by atoms with Crippen molar-refractivity contribution in [2.24, 2.45) is 0 Å². The predicted molar refractivity (Wildman–Crippen MR) is 283 cm³/mol. The maximum atomic E-state index is 4.74. The van der Waals surface area contributed by atoms with E-state index < -0.39 is 0 Å². The molecule has 0 N–H and O–H groups in total. The van der Waals surface area contributed by atoms with Gasteiger partial charge >= 0.3 is 0 Å². The number of hydrogen-bond acceptors (Lipinski definition) is 1. The highest BCUT2D eigenvalue weighted by atomic mass is 32.1. The summed E-state index contributed by atoms with van der Waals surface area (Å²) in [6.45, 7) is 18.5. The summed E-state index contributed by atoms with van der Waals surface area (Å²) in [6.07, 6.45) is 1.93. The van der Waals surface area contributed by atoms with E-state index >= 15 is 0 Å². The van der Waals surface area contributed by atoms with Crippen LogP contribution in [0.3, 0.4) is 0 Å². The Bertz CT molecular complexity index is 3860. The normalized spacial score (nSPS) is 14.2. The molecule has 1 heteroatoms. The van der Waals surface area contributed by atoms with E-state index in [1.165, 1.54) is 125 Å². The Labute approximate surface area is 384 Å². The lowest BCUT2D eigenvalue weighted by atomic mass is 9.80. The van der Waals surface area contributed by atoms with Crippen LogP contribution in [-0.4, -0.2) is 0 Å². The van der Waals surface area contributed by atoms with Gasteiger partial charge in [0.25, 0.3) is 0 Å². The molecule has 0 aliphatic heterocycles. The van der Waals surface area contributed by atoms with E-state index in [0.29, 0.717) is 0 Å². The third-order valence-electron chi connectivity index (χ3n) is 15.2. The van der Waals surface area contributed by atoms with Gasteiger partial charge in [0, 0.05) is 31.0 Å². The van der Waals surface area contributed by atoms with Gasteiger partial charge in [-0.2, -0.15) is 0 Å². The molecular weight excluding hydrogens is 801 g/mol. The Morgan fingerprint density at radius 1 is 0.446 bits per heavy atom. The van der Waals surface area contributed by atoms with Gasteiger partial charge in [0.1, 0.15) is 0 Å². The average Bonchev–Trinajstić information content (AvgIpc) is 3.91. The summed E-state index contributed by atoms with van der Waals surface area (Å²) in [5, 5.41) is 10.3. The van der Waals surface area contributed by atoms with Crippen LogP contribution in [0.5, 0.6) is 0 Å². The minimum absolute atomic E-state index is 0.105. The molecule has 0 bridgehead atoms. The lowest BCUT2D eigenvalue weighted by Gasteiger charge is -2.23. The van der Waals surface area contributed by atoms with Crippen LogP contribution < -0.4 is 0 Å². The van der Waals surface area contributed by atoms with Crippen LogP contribution in [0.15, 0.2) is 189 Å². The molecule has 308 valence electrons. The fraction of sp³-hybridized carbons (Fsp3) is 0.0938. The smallest absolute Gasteiger partial charge is 0.0361 e. The average molecular weight is 847 g/mol. The van der Waals surface area contributed by atoms with E-state index in [1.54, 1.807) is 0 Å². The van der Waals surface area contributed by atoms with Crippen molar-refractivity contribution in [3.8, 4) is 44.5 Å². The van der Waals surface area contributed by atoms with E-state index in [9.17, 15) is 0 Å². The molecule has 1 aromatic heterocycles. The van der Waals surface area contributed by atoms with Crippen molar-refractivity contribution >= 4 is 75.5 Å². The maximum absolute atomic E-state index is 4.74. The van der Waals surface area contributed by atoms with Gasteiger partial charge in [-0.05, 0) is 164 Å². The van der Waals surface area contributed by atoms with Gasteiger partial charge in [0.2, 0.25) is 0 Å². The van der Waals surface area contributed by atoms with Crippen LogP contribution >= 0.6 is 11.3 Å². The molecule has 65 heavy (non-hydrogen) atoms. The van der Waals surface area contributed by atoms with Gasteiger partial charge in [0.15, 0.2) is 0 Å². The standard InChI is InChI=1S/C64H46S/c1-7-38-16-8-9-17-43(38)37(2)60-45-18-10-12-20-47(45)61(48-21-13-11-19-46(48)60)42-26-30-54-51(34-42)44-28-24-40(35-56(44)63(54,3)4)39-25-29-55-52(32-39)53-33-41-27-31-59-62(49-22-14-15-23-58(49)65-59)50(41)36-57(53)64(55,5)6/h7-36H,1-2H2,3-6H3. The first kappa shape index (κ1) is 38.2. The van der Waals surface area contributed by atoms with Crippen molar-refractivity contribution in [2.75, 3.05) is 0 Å². The van der Waals surface area contributed by atoms with Gasteiger partial charge in [-0.15, -0.1) is 11.3 Å². The molecular formula is C64H46S. The number of benzene rings is 10. The number of hydrogen-bond donors (Lipinski definition) is 0. The summed E-state index contributed by atoms with van der Waals surface area (Å²) < 4.78 is 2.71. The predicted octanol–water partition coefficient (Wildman–Crippen LogP) is 18.2.